The van der Waals surface area contributed by atoms with Gasteiger partial charge in [0.1, 0.15) is 11.6 Å². The number of benzene rings is 1. The van der Waals surface area contributed by atoms with E-state index in [0.29, 0.717) is 17.5 Å². The van der Waals surface area contributed by atoms with Crippen LogP contribution < -0.4 is 0 Å². The SMILES string of the molecule is Cc1cccc(C(Cl)Cc2ncc[nH]2)c1F. The van der Waals surface area contributed by atoms with Crippen molar-refractivity contribution >= 4 is 11.6 Å². The molecule has 1 aromatic heterocycles. The summed E-state index contributed by atoms with van der Waals surface area (Å²) < 4.78 is 13.8. The van der Waals surface area contributed by atoms with Crippen molar-refractivity contribution in [1.82, 2.24) is 9.97 Å². The smallest absolute Gasteiger partial charge is 0.130 e. The fraction of sp³-hybridized carbons (Fsp3) is 0.250. The summed E-state index contributed by atoms with van der Waals surface area (Å²) in [4.78, 5) is 7.03. The molecule has 0 aliphatic carbocycles. The average molecular weight is 239 g/mol. The van der Waals surface area contributed by atoms with Crippen LogP contribution in [0.3, 0.4) is 0 Å². The Hall–Kier alpha value is -1.35. The number of hydrogen-bond donors (Lipinski definition) is 1. The zero-order valence-electron chi connectivity index (χ0n) is 8.87. The molecule has 1 aromatic carbocycles. The van der Waals surface area contributed by atoms with E-state index in [9.17, 15) is 4.39 Å². The fourth-order valence-corrected chi connectivity index (χ4v) is 1.92. The number of halogens is 2. The van der Waals surface area contributed by atoms with Crippen LogP contribution in [0, 0.1) is 12.7 Å². The number of aromatic amines is 1. The summed E-state index contributed by atoms with van der Waals surface area (Å²) in [5, 5.41) is -0.397. The third-order valence-corrected chi connectivity index (χ3v) is 2.88. The Balaban J connectivity index is 2.21. The first-order valence-corrected chi connectivity index (χ1v) is 5.49. The molecule has 4 heteroatoms. The lowest BCUT2D eigenvalue weighted by Crippen LogP contribution is -2.01. The van der Waals surface area contributed by atoms with Gasteiger partial charge in [0.05, 0.1) is 5.38 Å². The molecular formula is C12H12ClFN2. The molecule has 1 heterocycles. The maximum atomic E-state index is 13.8. The number of rotatable bonds is 3. The molecule has 0 saturated carbocycles. The molecule has 1 atom stereocenters. The minimum absolute atomic E-state index is 0.228. The molecule has 84 valence electrons. The van der Waals surface area contributed by atoms with Crippen molar-refractivity contribution in [1.29, 1.82) is 0 Å². The van der Waals surface area contributed by atoms with Crippen molar-refractivity contribution in [3.63, 3.8) is 0 Å². The lowest BCUT2D eigenvalue weighted by atomic mass is 10.1. The lowest BCUT2D eigenvalue weighted by Gasteiger charge is -2.10. The van der Waals surface area contributed by atoms with Gasteiger partial charge in [0, 0.05) is 24.4 Å². The Morgan fingerprint density at radius 3 is 3.00 bits per heavy atom. The number of aromatic nitrogens is 2. The topological polar surface area (TPSA) is 28.7 Å². The summed E-state index contributed by atoms with van der Waals surface area (Å²) in [6.45, 7) is 1.73. The number of imidazole rings is 1. The van der Waals surface area contributed by atoms with Crippen LogP contribution in [0.4, 0.5) is 4.39 Å². The molecule has 2 rings (SSSR count). The Labute approximate surface area is 98.5 Å². The van der Waals surface area contributed by atoms with E-state index < -0.39 is 5.38 Å². The van der Waals surface area contributed by atoms with Gasteiger partial charge in [-0.25, -0.2) is 9.37 Å². The summed E-state index contributed by atoms with van der Waals surface area (Å²) in [5.41, 5.74) is 1.14. The van der Waals surface area contributed by atoms with Gasteiger partial charge in [0.15, 0.2) is 0 Å². The predicted molar refractivity (Wildman–Crippen MR) is 62.0 cm³/mol. The quantitative estimate of drug-likeness (QED) is 0.816. The highest BCUT2D eigenvalue weighted by Gasteiger charge is 2.15. The van der Waals surface area contributed by atoms with Gasteiger partial charge in [-0.05, 0) is 12.5 Å². The normalized spacial score (nSPS) is 12.7. The van der Waals surface area contributed by atoms with Gasteiger partial charge in [0.2, 0.25) is 0 Å². The van der Waals surface area contributed by atoms with Crippen molar-refractivity contribution in [2.75, 3.05) is 0 Å². The molecule has 1 unspecified atom stereocenters. The molecule has 0 fully saturated rings. The van der Waals surface area contributed by atoms with E-state index >= 15 is 0 Å². The second kappa shape index (κ2) is 4.66. The Morgan fingerprint density at radius 1 is 1.50 bits per heavy atom. The van der Waals surface area contributed by atoms with E-state index in [-0.39, 0.29) is 5.82 Å². The van der Waals surface area contributed by atoms with E-state index in [1.54, 1.807) is 31.5 Å². The summed E-state index contributed by atoms with van der Waals surface area (Å²) in [7, 11) is 0. The van der Waals surface area contributed by atoms with Crippen molar-refractivity contribution in [3.8, 4) is 0 Å². The van der Waals surface area contributed by atoms with Gasteiger partial charge in [-0.1, -0.05) is 18.2 Å². The monoisotopic (exact) mass is 238 g/mol. The molecule has 0 aliphatic heterocycles. The van der Waals surface area contributed by atoms with Crippen molar-refractivity contribution < 1.29 is 4.39 Å². The van der Waals surface area contributed by atoms with E-state index in [1.165, 1.54) is 0 Å². The lowest BCUT2D eigenvalue weighted by molar-refractivity contribution is 0.595. The maximum absolute atomic E-state index is 13.8. The highest BCUT2D eigenvalue weighted by atomic mass is 35.5. The van der Waals surface area contributed by atoms with E-state index in [0.717, 1.165) is 5.82 Å². The van der Waals surface area contributed by atoms with Gasteiger partial charge in [-0.15, -0.1) is 11.6 Å². The molecule has 0 bridgehead atoms. The van der Waals surface area contributed by atoms with Crippen molar-refractivity contribution in [3.05, 3.63) is 53.4 Å². The molecule has 2 nitrogen and oxygen atoms in total. The zero-order valence-corrected chi connectivity index (χ0v) is 9.63. The number of aryl methyl sites for hydroxylation is 1. The standard InChI is InChI=1S/C12H12ClFN2/c1-8-3-2-4-9(12(8)14)10(13)7-11-15-5-6-16-11/h2-6,10H,7H2,1H3,(H,15,16). The minimum atomic E-state index is -0.397. The van der Waals surface area contributed by atoms with Crippen LogP contribution in [-0.2, 0) is 6.42 Å². The maximum Gasteiger partial charge on any atom is 0.130 e. The van der Waals surface area contributed by atoms with Gasteiger partial charge in [-0.2, -0.15) is 0 Å². The molecule has 0 radical (unpaired) electrons. The number of alkyl halides is 1. The molecule has 0 saturated heterocycles. The van der Waals surface area contributed by atoms with Crippen LogP contribution >= 0.6 is 11.6 Å². The highest BCUT2D eigenvalue weighted by Crippen LogP contribution is 2.27. The average Bonchev–Trinajstić information content (AvgIpc) is 2.74. The molecule has 16 heavy (non-hydrogen) atoms. The van der Waals surface area contributed by atoms with Crippen LogP contribution in [0.15, 0.2) is 30.6 Å². The molecule has 0 aliphatic rings. The second-order valence-corrected chi connectivity index (χ2v) is 4.21. The van der Waals surface area contributed by atoms with Crippen molar-refractivity contribution in [2.24, 2.45) is 0 Å². The second-order valence-electron chi connectivity index (χ2n) is 3.69. The summed E-state index contributed by atoms with van der Waals surface area (Å²) in [5.74, 6) is 0.537. The zero-order chi connectivity index (χ0) is 11.5. The van der Waals surface area contributed by atoms with Crippen LogP contribution in [0.1, 0.15) is 22.3 Å². The van der Waals surface area contributed by atoms with Gasteiger partial charge in [0.25, 0.3) is 0 Å². The van der Waals surface area contributed by atoms with Crippen LogP contribution in [-0.4, -0.2) is 9.97 Å². The van der Waals surface area contributed by atoms with Crippen molar-refractivity contribution in [2.45, 2.75) is 18.7 Å². The Kier molecular flexibility index (Phi) is 3.25. The van der Waals surface area contributed by atoms with Gasteiger partial charge in [-0.3, -0.25) is 0 Å². The third kappa shape index (κ3) is 2.25. The first-order valence-electron chi connectivity index (χ1n) is 5.06. The Morgan fingerprint density at radius 2 is 2.31 bits per heavy atom. The number of hydrogen-bond acceptors (Lipinski definition) is 1. The molecular weight excluding hydrogens is 227 g/mol. The largest absolute Gasteiger partial charge is 0.349 e. The number of nitrogens with zero attached hydrogens (tertiary/aromatic N) is 1. The van der Waals surface area contributed by atoms with E-state index in [1.807, 2.05) is 6.07 Å². The van der Waals surface area contributed by atoms with Gasteiger partial charge < -0.3 is 4.98 Å². The van der Waals surface area contributed by atoms with Gasteiger partial charge >= 0.3 is 0 Å². The summed E-state index contributed by atoms with van der Waals surface area (Å²) in [6.07, 6.45) is 3.88. The third-order valence-electron chi connectivity index (χ3n) is 2.49. The van der Waals surface area contributed by atoms with Crippen LogP contribution in [0.2, 0.25) is 0 Å². The van der Waals surface area contributed by atoms with E-state index in [4.69, 9.17) is 11.6 Å². The minimum Gasteiger partial charge on any atom is -0.349 e. The van der Waals surface area contributed by atoms with Crippen LogP contribution in [0.25, 0.3) is 0 Å². The number of nitrogens with one attached hydrogen (secondary N) is 1. The fourth-order valence-electron chi connectivity index (χ4n) is 1.60. The Bertz CT molecular complexity index is 468. The summed E-state index contributed by atoms with van der Waals surface area (Å²) in [6, 6.07) is 5.25. The number of H-pyrrole nitrogens is 1. The molecule has 0 amide bonds. The van der Waals surface area contributed by atoms with E-state index in [2.05, 4.69) is 9.97 Å². The predicted octanol–water partition coefficient (Wildman–Crippen LogP) is 3.38. The van der Waals surface area contributed by atoms with Crippen LogP contribution in [0.5, 0.6) is 0 Å². The first-order chi connectivity index (χ1) is 7.68. The molecule has 2 aromatic rings. The highest BCUT2D eigenvalue weighted by molar-refractivity contribution is 6.20. The molecule has 1 N–H and O–H groups in total. The molecule has 0 spiro atoms. The first kappa shape index (κ1) is 11.1. The summed E-state index contributed by atoms with van der Waals surface area (Å²) >= 11 is 6.17.